The van der Waals surface area contributed by atoms with Crippen LogP contribution >= 0.6 is 15.9 Å². The molecule has 0 amide bonds. The molecule has 0 bridgehead atoms. The minimum Gasteiger partial charge on any atom is -0.374 e. The SMILES string of the molecule is CCn1cc(CN2CC(CBr)OCC2C)cn1. The van der Waals surface area contributed by atoms with Gasteiger partial charge < -0.3 is 4.74 Å². The summed E-state index contributed by atoms with van der Waals surface area (Å²) < 4.78 is 7.70. The van der Waals surface area contributed by atoms with Gasteiger partial charge in [-0.3, -0.25) is 9.58 Å². The predicted octanol–water partition coefficient (Wildman–Crippen LogP) is 1.89. The highest BCUT2D eigenvalue weighted by molar-refractivity contribution is 9.09. The van der Waals surface area contributed by atoms with Gasteiger partial charge in [0.05, 0.1) is 18.9 Å². The summed E-state index contributed by atoms with van der Waals surface area (Å²) in [7, 11) is 0. The van der Waals surface area contributed by atoms with Crippen molar-refractivity contribution in [2.45, 2.75) is 39.1 Å². The number of hydrogen-bond acceptors (Lipinski definition) is 3. The van der Waals surface area contributed by atoms with Crippen molar-refractivity contribution in [1.29, 1.82) is 0 Å². The van der Waals surface area contributed by atoms with E-state index in [1.807, 2.05) is 10.9 Å². The molecule has 2 atom stereocenters. The maximum absolute atomic E-state index is 5.72. The Bertz CT molecular complexity index is 355. The minimum atomic E-state index is 0.312. The van der Waals surface area contributed by atoms with Crippen LogP contribution in [0.2, 0.25) is 0 Å². The van der Waals surface area contributed by atoms with E-state index >= 15 is 0 Å². The van der Waals surface area contributed by atoms with Crippen molar-refractivity contribution in [2.24, 2.45) is 0 Å². The van der Waals surface area contributed by atoms with E-state index in [4.69, 9.17) is 4.74 Å². The smallest absolute Gasteiger partial charge is 0.0799 e. The standard InChI is InChI=1S/C12H20BrN3O/c1-3-16-7-11(5-14-16)6-15-8-12(4-13)17-9-10(15)2/h5,7,10,12H,3-4,6,8-9H2,1-2H3. The molecule has 1 aliphatic heterocycles. The molecule has 0 aliphatic carbocycles. The normalized spacial score (nSPS) is 26.3. The zero-order valence-electron chi connectivity index (χ0n) is 10.5. The second kappa shape index (κ2) is 5.98. The van der Waals surface area contributed by atoms with E-state index in [-0.39, 0.29) is 0 Å². The highest BCUT2D eigenvalue weighted by Gasteiger charge is 2.25. The summed E-state index contributed by atoms with van der Waals surface area (Å²) in [6, 6.07) is 0.482. The third kappa shape index (κ3) is 3.30. The van der Waals surface area contributed by atoms with Crippen molar-refractivity contribution in [2.75, 3.05) is 18.5 Å². The highest BCUT2D eigenvalue weighted by Crippen LogP contribution is 2.16. The van der Waals surface area contributed by atoms with Crippen LogP contribution in [0.4, 0.5) is 0 Å². The fourth-order valence-electron chi connectivity index (χ4n) is 2.08. The van der Waals surface area contributed by atoms with Crippen LogP contribution in [0.15, 0.2) is 12.4 Å². The number of aromatic nitrogens is 2. The molecule has 1 aliphatic rings. The highest BCUT2D eigenvalue weighted by atomic mass is 79.9. The summed E-state index contributed by atoms with van der Waals surface area (Å²) in [5.41, 5.74) is 1.29. The number of halogens is 1. The monoisotopic (exact) mass is 301 g/mol. The molecule has 17 heavy (non-hydrogen) atoms. The van der Waals surface area contributed by atoms with Crippen molar-refractivity contribution in [3.63, 3.8) is 0 Å². The zero-order chi connectivity index (χ0) is 12.3. The van der Waals surface area contributed by atoms with Crippen molar-refractivity contribution in [1.82, 2.24) is 14.7 Å². The average Bonchev–Trinajstić information content (AvgIpc) is 2.80. The minimum absolute atomic E-state index is 0.312. The van der Waals surface area contributed by atoms with E-state index in [0.29, 0.717) is 12.1 Å². The summed E-state index contributed by atoms with van der Waals surface area (Å²) in [5.74, 6) is 0. The van der Waals surface area contributed by atoms with Crippen LogP contribution in [0, 0.1) is 0 Å². The van der Waals surface area contributed by atoms with E-state index < -0.39 is 0 Å². The topological polar surface area (TPSA) is 30.3 Å². The number of nitrogens with zero attached hydrogens (tertiary/aromatic N) is 3. The van der Waals surface area contributed by atoms with Gasteiger partial charge in [-0.15, -0.1) is 0 Å². The molecule has 0 radical (unpaired) electrons. The Balaban J connectivity index is 1.96. The Morgan fingerprint density at radius 2 is 2.41 bits per heavy atom. The van der Waals surface area contributed by atoms with Crippen LogP contribution < -0.4 is 0 Å². The molecule has 1 aromatic rings. The number of aryl methyl sites for hydroxylation is 1. The van der Waals surface area contributed by atoms with E-state index in [1.54, 1.807) is 0 Å². The maximum Gasteiger partial charge on any atom is 0.0799 e. The van der Waals surface area contributed by atoms with Gasteiger partial charge >= 0.3 is 0 Å². The van der Waals surface area contributed by atoms with Crippen molar-refractivity contribution in [3.8, 4) is 0 Å². The van der Waals surface area contributed by atoms with E-state index in [0.717, 1.165) is 31.6 Å². The molecule has 0 saturated carbocycles. The Morgan fingerprint density at radius 3 is 3.06 bits per heavy atom. The van der Waals surface area contributed by atoms with Gasteiger partial charge in [0.2, 0.25) is 0 Å². The van der Waals surface area contributed by atoms with Gasteiger partial charge in [0.15, 0.2) is 0 Å². The first-order valence-corrected chi connectivity index (χ1v) is 7.28. The third-order valence-electron chi connectivity index (χ3n) is 3.20. The fraction of sp³-hybridized carbons (Fsp3) is 0.750. The van der Waals surface area contributed by atoms with Crippen LogP contribution in [-0.2, 0) is 17.8 Å². The molecular formula is C12H20BrN3O. The van der Waals surface area contributed by atoms with Gasteiger partial charge in [0.1, 0.15) is 0 Å². The molecule has 2 heterocycles. The number of alkyl halides is 1. The Morgan fingerprint density at radius 1 is 1.59 bits per heavy atom. The molecule has 96 valence electrons. The van der Waals surface area contributed by atoms with Crippen LogP contribution in [0.25, 0.3) is 0 Å². The summed E-state index contributed by atoms with van der Waals surface area (Å²) in [6.45, 7) is 8.03. The molecular weight excluding hydrogens is 282 g/mol. The van der Waals surface area contributed by atoms with Crippen molar-refractivity contribution >= 4 is 15.9 Å². The Labute approximate surface area is 111 Å². The van der Waals surface area contributed by atoms with Crippen LogP contribution in [-0.4, -0.2) is 45.3 Å². The quantitative estimate of drug-likeness (QED) is 0.796. The molecule has 2 unspecified atom stereocenters. The molecule has 1 fully saturated rings. The molecule has 5 heteroatoms. The van der Waals surface area contributed by atoms with Gasteiger partial charge in [-0.05, 0) is 13.8 Å². The lowest BCUT2D eigenvalue weighted by Crippen LogP contribution is -2.48. The number of hydrogen-bond donors (Lipinski definition) is 0. The lowest BCUT2D eigenvalue weighted by molar-refractivity contribution is -0.0499. The van der Waals surface area contributed by atoms with Crippen molar-refractivity contribution in [3.05, 3.63) is 18.0 Å². The van der Waals surface area contributed by atoms with Crippen LogP contribution in [0.3, 0.4) is 0 Å². The average molecular weight is 302 g/mol. The summed E-state index contributed by atoms with van der Waals surface area (Å²) in [5, 5.41) is 5.22. The fourth-order valence-corrected chi connectivity index (χ4v) is 2.48. The number of ether oxygens (including phenoxy) is 1. The van der Waals surface area contributed by atoms with Gasteiger partial charge in [-0.2, -0.15) is 5.10 Å². The van der Waals surface area contributed by atoms with Gasteiger partial charge in [-0.25, -0.2) is 0 Å². The Kier molecular flexibility index (Phi) is 4.59. The maximum atomic E-state index is 5.72. The number of morpholine rings is 1. The molecule has 4 nitrogen and oxygen atoms in total. The second-order valence-corrected chi connectivity index (χ2v) is 5.24. The predicted molar refractivity (Wildman–Crippen MR) is 71.3 cm³/mol. The van der Waals surface area contributed by atoms with Crippen molar-refractivity contribution < 1.29 is 4.74 Å². The third-order valence-corrected chi connectivity index (χ3v) is 3.93. The van der Waals surface area contributed by atoms with Crippen LogP contribution in [0.1, 0.15) is 19.4 Å². The van der Waals surface area contributed by atoms with E-state index in [1.165, 1.54) is 5.56 Å². The lowest BCUT2D eigenvalue weighted by atomic mass is 10.2. The number of rotatable bonds is 4. The summed E-state index contributed by atoms with van der Waals surface area (Å²) in [4.78, 5) is 2.46. The Hall–Kier alpha value is -0.390. The van der Waals surface area contributed by atoms with Crippen LogP contribution in [0.5, 0.6) is 0 Å². The van der Waals surface area contributed by atoms with Gasteiger partial charge in [-0.1, -0.05) is 15.9 Å². The van der Waals surface area contributed by atoms with Gasteiger partial charge in [0, 0.05) is 42.8 Å². The van der Waals surface area contributed by atoms with Gasteiger partial charge in [0.25, 0.3) is 0 Å². The molecule has 1 saturated heterocycles. The second-order valence-electron chi connectivity index (χ2n) is 4.59. The zero-order valence-corrected chi connectivity index (χ0v) is 12.1. The summed E-state index contributed by atoms with van der Waals surface area (Å²) in [6.07, 6.45) is 4.41. The largest absolute Gasteiger partial charge is 0.374 e. The first kappa shape index (κ1) is 13.1. The van der Waals surface area contributed by atoms with E-state index in [9.17, 15) is 0 Å². The summed E-state index contributed by atoms with van der Waals surface area (Å²) >= 11 is 3.49. The first-order valence-electron chi connectivity index (χ1n) is 6.16. The molecule has 1 aromatic heterocycles. The molecule has 2 rings (SSSR count). The molecule has 0 N–H and O–H groups in total. The molecule has 0 aromatic carbocycles. The van der Waals surface area contributed by atoms with E-state index in [2.05, 4.69) is 46.0 Å². The lowest BCUT2D eigenvalue weighted by Gasteiger charge is -2.37. The molecule has 0 spiro atoms. The first-order chi connectivity index (χ1) is 8.22.